The van der Waals surface area contributed by atoms with Crippen LogP contribution in [0.4, 0.5) is 5.69 Å². The maximum Gasteiger partial charge on any atom is 0.262 e. The summed E-state index contributed by atoms with van der Waals surface area (Å²) in [5.41, 5.74) is 2.35. The quantitative estimate of drug-likeness (QED) is 0.470. The number of ketones is 1. The third kappa shape index (κ3) is 3.24. The third-order valence-electron chi connectivity index (χ3n) is 4.12. The minimum atomic E-state index is -0.441. The van der Waals surface area contributed by atoms with Crippen molar-refractivity contribution >= 4 is 40.9 Å². The van der Waals surface area contributed by atoms with Crippen molar-refractivity contribution in [3.8, 4) is 5.75 Å². The van der Waals surface area contributed by atoms with Gasteiger partial charge < -0.3 is 15.0 Å². The van der Waals surface area contributed by atoms with Gasteiger partial charge in [0.15, 0.2) is 17.5 Å². The molecule has 9 heteroatoms. The number of fused-ring (bicyclic) bond motifs is 2. The van der Waals surface area contributed by atoms with E-state index in [2.05, 4.69) is 15.3 Å². The van der Waals surface area contributed by atoms with Gasteiger partial charge in [-0.15, -0.1) is 0 Å². The molecule has 4 rings (SSSR count). The molecular formula is C17H15N3O4S2. The molecule has 0 bridgehead atoms. The highest BCUT2D eigenvalue weighted by Gasteiger charge is 2.23. The molecule has 2 aliphatic rings. The summed E-state index contributed by atoms with van der Waals surface area (Å²) in [6, 6.07) is 4.96. The van der Waals surface area contributed by atoms with Crippen molar-refractivity contribution in [2.24, 2.45) is 0 Å². The second-order valence-corrected chi connectivity index (χ2v) is 8.28. The van der Waals surface area contributed by atoms with Crippen LogP contribution in [0.25, 0.3) is 0 Å². The van der Waals surface area contributed by atoms with E-state index in [9.17, 15) is 14.4 Å². The number of nitrogens with zero attached hydrogens (tertiary/aromatic N) is 1. The number of amides is 1. The first-order valence-electron chi connectivity index (χ1n) is 7.98. The number of H-pyrrole nitrogens is 1. The number of benzene rings is 1. The average Bonchev–Trinajstić information content (AvgIpc) is 3.09. The van der Waals surface area contributed by atoms with Crippen LogP contribution in [0, 0.1) is 0 Å². The van der Waals surface area contributed by atoms with Gasteiger partial charge in [-0.25, -0.2) is 4.98 Å². The number of hydrogen-bond acceptors (Lipinski definition) is 7. The predicted octanol–water partition coefficient (Wildman–Crippen LogP) is 2.21. The Morgan fingerprint density at radius 3 is 3.04 bits per heavy atom. The molecule has 2 aromatic rings. The highest BCUT2D eigenvalue weighted by atomic mass is 32.2. The lowest BCUT2D eigenvalue weighted by atomic mass is 10.1. The molecular weight excluding hydrogens is 374 g/mol. The van der Waals surface area contributed by atoms with Gasteiger partial charge in [0.1, 0.15) is 5.75 Å². The fourth-order valence-corrected chi connectivity index (χ4v) is 4.72. The summed E-state index contributed by atoms with van der Waals surface area (Å²) >= 11 is 2.88. The van der Waals surface area contributed by atoms with E-state index in [0.717, 1.165) is 17.0 Å². The second-order valence-electron chi connectivity index (χ2n) is 5.96. The van der Waals surface area contributed by atoms with Crippen LogP contribution in [0.5, 0.6) is 5.75 Å². The van der Waals surface area contributed by atoms with Crippen LogP contribution < -0.4 is 15.6 Å². The molecule has 3 heterocycles. The summed E-state index contributed by atoms with van der Waals surface area (Å²) in [5.74, 6) is 1.58. The summed E-state index contributed by atoms with van der Waals surface area (Å²) in [7, 11) is 0. The largest absolute Gasteiger partial charge is 0.482 e. The Hall–Kier alpha value is -2.26. The molecule has 0 saturated heterocycles. The van der Waals surface area contributed by atoms with Crippen LogP contribution in [0.15, 0.2) is 28.2 Å². The van der Waals surface area contributed by atoms with Crippen molar-refractivity contribution in [1.29, 1.82) is 0 Å². The fraction of sp³-hybridized carbons (Fsp3) is 0.294. The molecule has 26 heavy (non-hydrogen) atoms. The molecule has 0 radical (unpaired) electrons. The molecule has 134 valence electrons. The van der Waals surface area contributed by atoms with Gasteiger partial charge >= 0.3 is 0 Å². The van der Waals surface area contributed by atoms with Gasteiger partial charge in [0.05, 0.1) is 16.6 Å². The zero-order valence-corrected chi connectivity index (χ0v) is 15.5. The SMILES string of the molecule is CC(Sc1nc2c(c(=O)[nH]1)CSC2)C(=O)c1ccc2c(c1)NC(=O)CO2. The molecule has 0 spiro atoms. The van der Waals surface area contributed by atoms with Crippen LogP contribution in [-0.2, 0) is 16.3 Å². The number of Topliss-reactive ketones (excluding diaryl/α,β-unsaturated/α-hetero) is 1. The first kappa shape index (κ1) is 17.2. The van der Waals surface area contributed by atoms with Gasteiger partial charge in [0.25, 0.3) is 11.5 Å². The predicted molar refractivity (Wildman–Crippen MR) is 100 cm³/mol. The summed E-state index contributed by atoms with van der Waals surface area (Å²) < 4.78 is 5.30. The van der Waals surface area contributed by atoms with Gasteiger partial charge in [0.2, 0.25) is 0 Å². The lowest BCUT2D eigenvalue weighted by molar-refractivity contribution is -0.118. The number of carbonyl (C=O) groups is 2. The highest BCUT2D eigenvalue weighted by Crippen LogP contribution is 2.31. The number of ether oxygens (including phenoxy) is 1. The molecule has 7 nitrogen and oxygen atoms in total. The number of anilines is 1. The van der Waals surface area contributed by atoms with Gasteiger partial charge in [-0.05, 0) is 25.1 Å². The molecule has 2 aliphatic heterocycles. The van der Waals surface area contributed by atoms with Gasteiger partial charge in [-0.1, -0.05) is 11.8 Å². The van der Waals surface area contributed by atoms with Crippen molar-refractivity contribution in [1.82, 2.24) is 9.97 Å². The van der Waals surface area contributed by atoms with Crippen LogP contribution in [0.1, 0.15) is 28.5 Å². The topological polar surface area (TPSA) is 101 Å². The molecule has 1 aromatic heterocycles. The first-order valence-corrected chi connectivity index (χ1v) is 10.0. The van der Waals surface area contributed by atoms with Crippen molar-refractivity contribution in [2.45, 2.75) is 28.8 Å². The fourth-order valence-electron chi connectivity index (χ4n) is 2.79. The minimum Gasteiger partial charge on any atom is -0.482 e. The Morgan fingerprint density at radius 2 is 2.19 bits per heavy atom. The summed E-state index contributed by atoms with van der Waals surface area (Å²) in [5, 5.41) is 2.70. The lowest BCUT2D eigenvalue weighted by Gasteiger charge is -2.19. The molecule has 0 saturated carbocycles. The summed E-state index contributed by atoms with van der Waals surface area (Å²) in [6.45, 7) is 1.74. The Labute approximate surface area is 157 Å². The maximum absolute atomic E-state index is 12.7. The van der Waals surface area contributed by atoms with Gasteiger partial charge in [-0.3, -0.25) is 14.4 Å². The summed E-state index contributed by atoms with van der Waals surface area (Å²) in [6.07, 6.45) is 0. The first-order chi connectivity index (χ1) is 12.5. The smallest absolute Gasteiger partial charge is 0.262 e. The molecule has 1 amide bonds. The minimum absolute atomic E-state index is 0.0256. The zero-order valence-electron chi connectivity index (χ0n) is 13.8. The number of hydrogen-bond donors (Lipinski definition) is 2. The number of carbonyl (C=O) groups excluding carboxylic acids is 2. The van der Waals surface area contributed by atoms with Crippen molar-refractivity contribution in [3.63, 3.8) is 0 Å². The van der Waals surface area contributed by atoms with E-state index >= 15 is 0 Å². The standard InChI is InChI=1S/C17H15N3O4S2/c1-8(26-17-19-12-7-25-6-10(12)16(23)20-17)15(22)9-2-3-13-11(4-9)18-14(21)5-24-13/h2-4,8H,5-7H2,1H3,(H,18,21)(H,19,20,23). The van der Waals surface area contributed by atoms with E-state index in [1.54, 1.807) is 36.9 Å². The Kier molecular flexibility index (Phi) is 4.49. The highest BCUT2D eigenvalue weighted by molar-refractivity contribution is 8.00. The molecule has 1 atom stereocenters. The molecule has 1 aromatic carbocycles. The number of nitrogens with one attached hydrogen (secondary N) is 2. The van der Waals surface area contributed by atoms with E-state index in [1.165, 1.54) is 11.8 Å². The van der Waals surface area contributed by atoms with Gasteiger partial charge in [0, 0.05) is 22.6 Å². The van der Waals surface area contributed by atoms with E-state index < -0.39 is 5.25 Å². The Morgan fingerprint density at radius 1 is 1.35 bits per heavy atom. The number of rotatable bonds is 4. The Balaban J connectivity index is 1.54. The molecule has 2 N–H and O–H groups in total. The lowest BCUT2D eigenvalue weighted by Crippen LogP contribution is -2.26. The Bertz CT molecular complexity index is 973. The second kappa shape index (κ2) is 6.81. The van der Waals surface area contributed by atoms with Crippen LogP contribution in [0.3, 0.4) is 0 Å². The van der Waals surface area contributed by atoms with Crippen molar-refractivity contribution in [3.05, 3.63) is 45.4 Å². The van der Waals surface area contributed by atoms with Crippen molar-refractivity contribution < 1.29 is 14.3 Å². The normalized spacial score (nSPS) is 16.3. The number of aromatic amines is 1. The summed E-state index contributed by atoms with van der Waals surface area (Å²) in [4.78, 5) is 43.5. The van der Waals surface area contributed by atoms with E-state index in [-0.39, 0.29) is 23.9 Å². The third-order valence-corrected chi connectivity index (χ3v) is 6.07. The van der Waals surface area contributed by atoms with Gasteiger partial charge in [-0.2, -0.15) is 11.8 Å². The maximum atomic E-state index is 12.7. The molecule has 0 fully saturated rings. The zero-order chi connectivity index (χ0) is 18.3. The van der Waals surface area contributed by atoms with E-state index in [4.69, 9.17) is 4.74 Å². The number of aromatic nitrogens is 2. The average molecular weight is 389 g/mol. The van der Waals surface area contributed by atoms with Crippen LogP contribution in [0.2, 0.25) is 0 Å². The molecule has 1 unspecified atom stereocenters. The van der Waals surface area contributed by atoms with Crippen LogP contribution in [-0.4, -0.2) is 33.5 Å². The van der Waals surface area contributed by atoms with E-state index in [0.29, 0.717) is 27.9 Å². The molecule has 0 aliphatic carbocycles. The van der Waals surface area contributed by atoms with Crippen LogP contribution >= 0.6 is 23.5 Å². The monoisotopic (exact) mass is 389 g/mol. The number of thioether (sulfide) groups is 2. The van der Waals surface area contributed by atoms with Crippen molar-refractivity contribution in [2.75, 3.05) is 11.9 Å². The van der Waals surface area contributed by atoms with E-state index in [1.807, 2.05) is 0 Å².